The number of ether oxygens (including phenoxy) is 2. The summed E-state index contributed by atoms with van der Waals surface area (Å²) in [5.41, 5.74) is 1.58. The number of nitrogens with one attached hydrogen (secondary N) is 1. The van der Waals surface area contributed by atoms with Gasteiger partial charge in [0.25, 0.3) is 11.8 Å². The highest BCUT2D eigenvalue weighted by molar-refractivity contribution is 6.03. The van der Waals surface area contributed by atoms with Crippen LogP contribution < -0.4 is 14.8 Å². The SMILES string of the molecule is COc1cc(C(=O)Nc2cc(C)ccc2OC)on1. The molecule has 0 fully saturated rings. The smallest absolute Gasteiger partial charge is 0.294 e. The number of benzene rings is 1. The second kappa shape index (κ2) is 5.43. The summed E-state index contributed by atoms with van der Waals surface area (Å²) in [6.45, 7) is 1.92. The Bertz CT molecular complexity index is 592. The van der Waals surface area contributed by atoms with Crippen LogP contribution in [0.3, 0.4) is 0 Å². The Kier molecular flexibility index (Phi) is 3.70. The highest BCUT2D eigenvalue weighted by Crippen LogP contribution is 2.26. The second-order valence-electron chi connectivity index (χ2n) is 3.89. The Morgan fingerprint density at radius 3 is 2.68 bits per heavy atom. The number of anilines is 1. The molecule has 1 amide bonds. The van der Waals surface area contributed by atoms with E-state index in [2.05, 4.69) is 10.5 Å². The lowest BCUT2D eigenvalue weighted by atomic mass is 10.2. The fraction of sp³-hybridized carbons (Fsp3) is 0.231. The summed E-state index contributed by atoms with van der Waals surface area (Å²) < 4.78 is 14.9. The van der Waals surface area contributed by atoms with E-state index in [0.29, 0.717) is 11.4 Å². The minimum absolute atomic E-state index is 0.0698. The van der Waals surface area contributed by atoms with Crippen molar-refractivity contribution in [3.63, 3.8) is 0 Å². The van der Waals surface area contributed by atoms with Crippen molar-refractivity contribution in [1.29, 1.82) is 0 Å². The van der Waals surface area contributed by atoms with E-state index in [9.17, 15) is 4.79 Å². The minimum atomic E-state index is -0.417. The molecule has 0 saturated carbocycles. The largest absolute Gasteiger partial charge is 0.495 e. The Morgan fingerprint density at radius 1 is 1.26 bits per heavy atom. The molecule has 0 aliphatic carbocycles. The molecule has 0 atom stereocenters. The van der Waals surface area contributed by atoms with Crippen LogP contribution >= 0.6 is 0 Å². The van der Waals surface area contributed by atoms with Gasteiger partial charge in [0.1, 0.15) is 5.75 Å². The number of aryl methyl sites for hydroxylation is 1. The molecule has 1 heterocycles. The van der Waals surface area contributed by atoms with E-state index in [4.69, 9.17) is 14.0 Å². The molecule has 0 unspecified atom stereocenters. The van der Waals surface area contributed by atoms with E-state index >= 15 is 0 Å². The number of aromatic nitrogens is 1. The molecule has 1 aromatic heterocycles. The topological polar surface area (TPSA) is 73.6 Å². The van der Waals surface area contributed by atoms with Gasteiger partial charge in [-0.3, -0.25) is 4.79 Å². The van der Waals surface area contributed by atoms with Gasteiger partial charge in [0.05, 0.1) is 26.0 Å². The van der Waals surface area contributed by atoms with Gasteiger partial charge in [0, 0.05) is 0 Å². The van der Waals surface area contributed by atoms with Crippen LogP contribution in [0.4, 0.5) is 5.69 Å². The van der Waals surface area contributed by atoms with E-state index in [1.807, 2.05) is 19.1 Å². The monoisotopic (exact) mass is 262 g/mol. The molecule has 0 aliphatic rings. The molecule has 0 radical (unpaired) electrons. The number of hydrogen-bond acceptors (Lipinski definition) is 5. The summed E-state index contributed by atoms with van der Waals surface area (Å²) in [5.74, 6) is 0.479. The molecule has 2 aromatic rings. The number of carbonyl (C=O) groups excluding carboxylic acids is 1. The maximum absolute atomic E-state index is 12.0. The third-order valence-corrected chi connectivity index (χ3v) is 2.52. The van der Waals surface area contributed by atoms with Gasteiger partial charge in [-0.2, -0.15) is 0 Å². The Balaban J connectivity index is 2.20. The van der Waals surface area contributed by atoms with Crippen molar-refractivity contribution in [2.75, 3.05) is 19.5 Å². The van der Waals surface area contributed by atoms with Gasteiger partial charge >= 0.3 is 0 Å². The quantitative estimate of drug-likeness (QED) is 0.914. The number of rotatable bonds is 4. The summed E-state index contributed by atoms with van der Waals surface area (Å²) in [6, 6.07) is 6.90. The molecule has 0 bridgehead atoms. The predicted octanol–water partition coefficient (Wildman–Crippen LogP) is 2.25. The number of amides is 1. The normalized spacial score (nSPS) is 10.1. The average molecular weight is 262 g/mol. The van der Waals surface area contributed by atoms with E-state index < -0.39 is 5.91 Å². The molecule has 2 rings (SSSR count). The molecular formula is C13H14N2O4. The first-order valence-corrected chi connectivity index (χ1v) is 5.60. The first kappa shape index (κ1) is 12.9. The lowest BCUT2D eigenvalue weighted by Crippen LogP contribution is -2.11. The number of methoxy groups -OCH3 is 2. The van der Waals surface area contributed by atoms with Crippen LogP contribution in [0.5, 0.6) is 11.6 Å². The van der Waals surface area contributed by atoms with Gasteiger partial charge in [0.2, 0.25) is 5.76 Å². The summed E-state index contributed by atoms with van der Waals surface area (Å²) in [4.78, 5) is 12.0. The van der Waals surface area contributed by atoms with Gasteiger partial charge in [-0.25, -0.2) is 0 Å². The highest BCUT2D eigenvalue weighted by atomic mass is 16.5. The number of nitrogens with zero attached hydrogens (tertiary/aromatic N) is 1. The molecule has 6 heteroatoms. The maximum atomic E-state index is 12.0. The van der Waals surface area contributed by atoms with Gasteiger partial charge in [-0.05, 0) is 29.8 Å². The van der Waals surface area contributed by atoms with Gasteiger partial charge < -0.3 is 19.3 Å². The molecule has 100 valence electrons. The molecule has 0 aliphatic heterocycles. The molecule has 1 aromatic carbocycles. The first-order chi connectivity index (χ1) is 9.13. The molecule has 19 heavy (non-hydrogen) atoms. The molecule has 0 saturated heterocycles. The number of carbonyl (C=O) groups is 1. The van der Waals surface area contributed by atoms with E-state index in [-0.39, 0.29) is 11.6 Å². The first-order valence-electron chi connectivity index (χ1n) is 5.60. The van der Waals surface area contributed by atoms with E-state index in [0.717, 1.165) is 5.56 Å². The maximum Gasteiger partial charge on any atom is 0.294 e. The molecule has 6 nitrogen and oxygen atoms in total. The summed E-state index contributed by atoms with van der Waals surface area (Å²) in [5, 5.41) is 6.27. The van der Waals surface area contributed by atoms with Crippen LogP contribution in [-0.2, 0) is 0 Å². The minimum Gasteiger partial charge on any atom is -0.495 e. The van der Waals surface area contributed by atoms with Gasteiger partial charge in [0.15, 0.2) is 0 Å². The Morgan fingerprint density at radius 2 is 2.05 bits per heavy atom. The summed E-state index contributed by atoms with van der Waals surface area (Å²) in [7, 11) is 2.99. The molecule has 1 N–H and O–H groups in total. The predicted molar refractivity (Wildman–Crippen MR) is 68.7 cm³/mol. The van der Waals surface area contributed by atoms with Crippen molar-refractivity contribution in [3.8, 4) is 11.6 Å². The van der Waals surface area contributed by atoms with E-state index in [1.54, 1.807) is 6.07 Å². The van der Waals surface area contributed by atoms with Crippen molar-refractivity contribution in [1.82, 2.24) is 5.16 Å². The fourth-order valence-corrected chi connectivity index (χ4v) is 1.57. The zero-order valence-corrected chi connectivity index (χ0v) is 10.9. The van der Waals surface area contributed by atoms with Crippen molar-refractivity contribution in [2.24, 2.45) is 0 Å². The van der Waals surface area contributed by atoms with Crippen LogP contribution in [-0.4, -0.2) is 25.3 Å². The molecule has 0 spiro atoms. The van der Waals surface area contributed by atoms with Crippen LogP contribution in [0, 0.1) is 6.92 Å². The standard InChI is InChI=1S/C13H14N2O4/c1-8-4-5-10(17-2)9(6-8)14-13(16)11-7-12(18-3)15-19-11/h4-7H,1-3H3,(H,14,16). The zero-order valence-electron chi connectivity index (χ0n) is 10.9. The second-order valence-corrected chi connectivity index (χ2v) is 3.89. The van der Waals surface area contributed by atoms with Crippen molar-refractivity contribution in [2.45, 2.75) is 6.92 Å². The van der Waals surface area contributed by atoms with Crippen LogP contribution in [0.2, 0.25) is 0 Å². The van der Waals surface area contributed by atoms with Crippen LogP contribution in [0.1, 0.15) is 16.1 Å². The number of hydrogen-bond donors (Lipinski definition) is 1. The van der Waals surface area contributed by atoms with E-state index in [1.165, 1.54) is 20.3 Å². The lowest BCUT2D eigenvalue weighted by molar-refractivity contribution is 0.0987. The summed E-state index contributed by atoms with van der Waals surface area (Å²) in [6.07, 6.45) is 0. The van der Waals surface area contributed by atoms with Crippen molar-refractivity contribution >= 4 is 11.6 Å². The highest BCUT2D eigenvalue weighted by Gasteiger charge is 2.15. The van der Waals surface area contributed by atoms with Crippen molar-refractivity contribution in [3.05, 3.63) is 35.6 Å². The molecular weight excluding hydrogens is 248 g/mol. The lowest BCUT2D eigenvalue weighted by Gasteiger charge is -2.09. The van der Waals surface area contributed by atoms with Gasteiger partial charge in [-0.15, -0.1) is 0 Å². The van der Waals surface area contributed by atoms with Crippen molar-refractivity contribution < 1.29 is 18.8 Å². The third-order valence-electron chi connectivity index (χ3n) is 2.52. The summed E-state index contributed by atoms with van der Waals surface area (Å²) >= 11 is 0. The van der Waals surface area contributed by atoms with Crippen LogP contribution in [0.25, 0.3) is 0 Å². The Labute approximate surface area is 110 Å². The van der Waals surface area contributed by atoms with Crippen LogP contribution in [0.15, 0.2) is 28.8 Å². The van der Waals surface area contributed by atoms with Gasteiger partial charge in [-0.1, -0.05) is 6.07 Å². The zero-order chi connectivity index (χ0) is 13.8. The third kappa shape index (κ3) is 2.85. The Hall–Kier alpha value is -2.50. The fourth-order valence-electron chi connectivity index (χ4n) is 1.57. The average Bonchev–Trinajstić information content (AvgIpc) is 2.88.